The number of thiophene rings is 1. The van der Waals surface area contributed by atoms with Gasteiger partial charge in [-0.05, 0) is 37.3 Å². The summed E-state index contributed by atoms with van der Waals surface area (Å²) in [5.41, 5.74) is 0. The molecule has 2 rings (SSSR count). The second-order valence-electron chi connectivity index (χ2n) is 4.82. The zero-order valence-electron chi connectivity index (χ0n) is 12.1. The van der Waals surface area contributed by atoms with Gasteiger partial charge < -0.3 is 15.0 Å². The van der Waals surface area contributed by atoms with E-state index < -0.39 is 0 Å². The number of piperidine rings is 1. The van der Waals surface area contributed by atoms with Crippen LogP contribution in [-0.2, 0) is 9.53 Å². The summed E-state index contributed by atoms with van der Waals surface area (Å²) < 4.78 is 4.97. The smallest absolute Gasteiger partial charge is 0.409 e. The summed E-state index contributed by atoms with van der Waals surface area (Å²) in [6.45, 7) is 3.44. The number of nitrogens with zero attached hydrogens (tertiary/aromatic N) is 1. The zero-order valence-corrected chi connectivity index (χ0v) is 12.9. The minimum atomic E-state index is -0.264. The first-order valence-electron chi connectivity index (χ1n) is 7.13. The lowest BCUT2D eigenvalue weighted by molar-refractivity contribution is -0.117. The molecule has 1 N–H and O–H groups in total. The van der Waals surface area contributed by atoms with Crippen LogP contribution in [0, 0.1) is 0 Å². The average molecular weight is 308 g/mol. The Labute approximate surface area is 128 Å². The molecule has 0 unspecified atom stereocenters. The maximum absolute atomic E-state index is 11.8. The summed E-state index contributed by atoms with van der Waals surface area (Å²) in [6.07, 6.45) is 4.63. The Hall–Kier alpha value is -1.82. The Balaban J connectivity index is 1.73. The normalized spacial score (nSPS) is 16.1. The van der Waals surface area contributed by atoms with Gasteiger partial charge in [-0.25, -0.2) is 4.79 Å². The lowest BCUT2D eigenvalue weighted by Crippen LogP contribution is -2.46. The van der Waals surface area contributed by atoms with Gasteiger partial charge in [-0.15, -0.1) is 11.3 Å². The van der Waals surface area contributed by atoms with Gasteiger partial charge in [0.15, 0.2) is 0 Å². The maximum atomic E-state index is 11.8. The Morgan fingerprint density at radius 3 is 2.86 bits per heavy atom. The highest BCUT2D eigenvalue weighted by atomic mass is 32.1. The summed E-state index contributed by atoms with van der Waals surface area (Å²) in [4.78, 5) is 26.1. The van der Waals surface area contributed by atoms with Crippen LogP contribution in [0.1, 0.15) is 24.6 Å². The van der Waals surface area contributed by atoms with E-state index in [1.807, 2.05) is 23.6 Å². The van der Waals surface area contributed by atoms with Crippen LogP contribution >= 0.6 is 11.3 Å². The van der Waals surface area contributed by atoms with E-state index in [9.17, 15) is 9.59 Å². The highest BCUT2D eigenvalue weighted by Gasteiger charge is 2.23. The van der Waals surface area contributed by atoms with Crippen LogP contribution in [0.3, 0.4) is 0 Å². The van der Waals surface area contributed by atoms with E-state index in [4.69, 9.17) is 4.74 Å². The number of carbonyl (C=O) groups excluding carboxylic acids is 2. The van der Waals surface area contributed by atoms with Crippen LogP contribution in [0.25, 0.3) is 6.08 Å². The summed E-state index contributed by atoms with van der Waals surface area (Å²) in [6, 6.07) is 4.04. The minimum Gasteiger partial charge on any atom is -0.450 e. The van der Waals surface area contributed by atoms with Crippen LogP contribution in [0.5, 0.6) is 0 Å². The second kappa shape index (κ2) is 7.83. The second-order valence-corrected chi connectivity index (χ2v) is 5.80. The third-order valence-corrected chi connectivity index (χ3v) is 4.15. The number of hydrogen-bond acceptors (Lipinski definition) is 4. The summed E-state index contributed by atoms with van der Waals surface area (Å²) in [5.74, 6) is -0.0852. The highest BCUT2D eigenvalue weighted by molar-refractivity contribution is 7.10. The molecule has 0 aliphatic carbocycles. The molecule has 1 aliphatic heterocycles. The summed E-state index contributed by atoms with van der Waals surface area (Å²) >= 11 is 1.59. The first-order chi connectivity index (χ1) is 10.2. The molecule has 1 aromatic rings. The SMILES string of the molecule is CCOC(=O)N1CCC(NC(=O)/C=C/c2cccs2)CC1. The zero-order chi connectivity index (χ0) is 15.1. The fourth-order valence-corrected chi connectivity index (χ4v) is 2.83. The molecule has 2 amide bonds. The van der Waals surface area contributed by atoms with Crippen molar-refractivity contribution in [3.8, 4) is 0 Å². The molecule has 0 atom stereocenters. The van der Waals surface area contributed by atoms with Gasteiger partial charge in [0.25, 0.3) is 0 Å². The van der Waals surface area contributed by atoms with Crippen molar-refractivity contribution in [2.45, 2.75) is 25.8 Å². The molecule has 1 aliphatic rings. The molecule has 6 heteroatoms. The van der Waals surface area contributed by atoms with Gasteiger partial charge in [0.05, 0.1) is 6.61 Å². The maximum Gasteiger partial charge on any atom is 0.409 e. The van der Waals surface area contributed by atoms with Crippen molar-refractivity contribution in [1.29, 1.82) is 0 Å². The topological polar surface area (TPSA) is 58.6 Å². The largest absolute Gasteiger partial charge is 0.450 e. The Morgan fingerprint density at radius 1 is 1.48 bits per heavy atom. The van der Waals surface area contributed by atoms with Crippen molar-refractivity contribution in [3.63, 3.8) is 0 Å². The van der Waals surface area contributed by atoms with Gasteiger partial charge in [0, 0.05) is 30.1 Å². The highest BCUT2D eigenvalue weighted by Crippen LogP contribution is 2.12. The van der Waals surface area contributed by atoms with Crippen LogP contribution in [0.2, 0.25) is 0 Å². The van der Waals surface area contributed by atoms with Crippen molar-refractivity contribution in [2.75, 3.05) is 19.7 Å². The molecular weight excluding hydrogens is 288 g/mol. The molecule has 1 fully saturated rings. The van der Waals surface area contributed by atoms with E-state index in [2.05, 4.69) is 5.32 Å². The van der Waals surface area contributed by atoms with Gasteiger partial charge in [-0.3, -0.25) is 4.79 Å². The molecule has 0 bridgehead atoms. The number of rotatable bonds is 4. The molecule has 0 spiro atoms. The van der Waals surface area contributed by atoms with Crippen molar-refractivity contribution in [1.82, 2.24) is 10.2 Å². The molecule has 2 heterocycles. The molecule has 1 aromatic heterocycles. The van der Waals surface area contributed by atoms with Crippen molar-refractivity contribution in [2.24, 2.45) is 0 Å². The number of carbonyl (C=O) groups is 2. The van der Waals surface area contributed by atoms with Gasteiger partial charge in [-0.2, -0.15) is 0 Å². The quantitative estimate of drug-likeness (QED) is 0.869. The van der Waals surface area contributed by atoms with Crippen molar-refractivity contribution < 1.29 is 14.3 Å². The first-order valence-corrected chi connectivity index (χ1v) is 8.00. The Kier molecular flexibility index (Phi) is 5.80. The molecule has 5 nitrogen and oxygen atoms in total. The minimum absolute atomic E-state index is 0.0852. The predicted octanol–water partition coefficient (Wildman–Crippen LogP) is 2.50. The molecule has 0 saturated carbocycles. The van der Waals surface area contributed by atoms with Gasteiger partial charge in [0.2, 0.25) is 5.91 Å². The van der Waals surface area contributed by atoms with E-state index in [1.54, 1.807) is 29.2 Å². The van der Waals surface area contributed by atoms with Crippen molar-refractivity contribution >= 4 is 29.4 Å². The van der Waals surface area contributed by atoms with Gasteiger partial charge >= 0.3 is 6.09 Å². The molecule has 1 saturated heterocycles. The predicted molar refractivity (Wildman–Crippen MR) is 83.1 cm³/mol. The lowest BCUT2D eigenvalue weighted by Gasteiger charge is -2.31. The van der Waals surface area contributed by atoms with E-state index in [0.717, 1.165) is 17.7 Å². The Bertz CT molecular complexity index is 491. The number of amides is 2. The van der Waals surface area contributed by atoms with Crippen LogP contribution < -0.4 is 5.32 Å². The molecule has 0 radical (unpaired) electrons. The number of hydrogen-bond donors (Lipinski definition) is 1. The van der Waals surface area contributed by atoms with Crippen molar-refractivity contribution in [3.05, 3.63) is 28.5 Å². The van der Waals surface area contributed by atoms with Gasteiger partial charge in [-0.1, -0.05) is 6.07 Å². The third-order valence-electron chi connectivity index (χ3n) is 3.31. The standard InChI is InChI=1S/C15H20N2O3S/c1-2-20-15(19)17-9-7-12(8-10-17)16-14(18)6-5-13-4-3-11-21-13/h3-6,11-12H,2,7-10H2,1H3,(H,16,18)/b6-5+. The number of nitrogens with one attached hydrogen (secondary N) is 1. The summed E-state index contributed by atoms with van der Waals surface area (Å²) in [5, 5.41) is 4.95. The monoisotopic (exact) mass is 308 g/mol. The van der Waals surface area contributed by atoms with E-state index >= 15 is 0 Å². The van der Waals surface area contributed by atoms with Crippen LogP contribution in [0.15, 0.2) is 23.6 Å². The third kappa shape index (κ3) is 4.90. The summed E-state index contributed by atoms with van der Waals surface area (Å²) in [7, 11) is 0. The van der Waals surface area contributed by atoms with E-state index in [1.165, 1.54) is 0 Å². The lowest BCUT2D eigenvalue weighted by atomic mass is 10.1. The van der Waals surface area contributed by atoms with Crippen LogP contribution in [0.4, 0.5) is 4.79 Å². The van der Waals surface area contributed by atoms with E-state index in [-0.39, 0.29) is 18.0 Å². The molecule has 0 aromatic carbocycles. The molecular formula is C15H20N2O3S. The first kappa shape index (κ1) is 15.6. The van der Waals surface area contributed by atoms with Gasteiger partial charge in [0.1, 0.15) is 0 Å². The number of likely N-dealkylation sites (tertiary alicyclic amines) is 1. The Morgan fingerprint density at radius 2 is 2.24 bits per heavy atom. The average Bonchev–Trinajstić information content (AvgIpc) is 2.99. The molecule has 21 heavy (non-hydrogen) atoms. The van der Waals surface area contributed by atoms with Crippen LogP contribution in [-0.4, -0.2) is 42.6 Å². The fourth-order valence-electron chi connectivity index (χ4n) is 2.21. The number of ether oxygens (including phenoxy) is 1. The molecule has 114 valence electrons. The fraction of sp³-hybridized carbons (Fsp3) is 0.467. The van der Waals surface area contributed by atoms with E-state index in [0.29, 0.717) is 19.7 Å².